The molecular weight excluding hydrogens is 258 g/mol. The van der Waals surface area contributed by atoms with Gasteiger partial charge in [0, 0.05) is 0 Å². The van der Waals surface area contributed by atoms with Crippen molar-refractivity contribution in [3.63, 3.8) is 0 Å². The number of esters is 1. The summed E-state index contributed by atoms with van der Waals surface area (Å²) in [4.78, 5) is 22.7. The quantitative estimate of drug-likeness (QED) is 0.841. The molecule has 0 atom stereocenters. The zero-order valence-corrected chi connectivity index (χ0v) is 12.0. The first-order valence-corrected chi connectivity index (χ1v) is 6.37. The third-order valence-electron chi connectivity index (χ3n) is 2.13. The number of benzene rings is 1. The summed E-state index contributed by atoms with van der Waals surface area (Å²) < 4.78 is 10.1. The third kappa shape index (κ3) is 7.41. The Kier molecular flexibility index (Phi) is 6.03. The fourth-order valence-electron chi connectivity index (χ4n) is 1.32. The third-order valence-corrected chi connectivity index (χ3v) is 2.13. The Morgan fingerprint density at radius 1 is 1.20 bits per heavy atom. The summed E-state index contributed by atoms with van der Waals surface area (Å²) in [6, 6.07) is 9.38. The van der Waals surface area contributed by atoms with E-state index in [4.69, 9.17) is 9.47 Å². The Hall–Kier alpha value is -2.04. The Morgan fingerprint density at radius 3 is 2.45 bits per heavy atom. The zero-order chi connectivity index (χ0) is 15.0. The topological polar surface area (TPSA) is 64.6 Å². The molecule has 1 rings (SSSR count). The molecule has 1 radical (unpaired) electrons. The van der Waals surface area contributed by atoms with E-state index in [0.29, 0.717) is 0 Å². The highest BCUT2D eigenvalue weighted by Gasteiger charge is 2.16. The number of ether oxygens (including phenoxy) is 2. The molecule has 5 heteroatoms. The molecule has 0 unspecified atom stereocenters. The van der Waals surface area contributed by atoms with Crippen LogP contribution in [0.4, 0.5) is 4.79 Å². The van der Waals surface area contributed by atoms with Gasteiger partial charge in [-0.25, -0.2) is 4.79 Å². The molecule has 1 N–H and O–H groups in total. The van der Waals surface area contributed by atoms with Crippen molar-refractivity contribution in [2.75, 3.05) is 0 Å². The molecule has 20 heavy (non-hydrogen) atoms. The van der Waals surface area contributed by atoms with Gasteiger partial charge in [0.15, 0.2) is 0 Å². The van der Waals surface area contributed by atoms with Crippen molar-refractivity contribution in [1.82, 2.24) is 5.32 Å². The van der Waals surface area contributed by atoms with Gasteiger partial charge in [0.2, 0.25) is 0 Å². The lowest BCUT2D eigenvalue weighted by Gasteiger charge is -2.19. The summed E-state index contributed by atoms with van der Waals surface area (Å²) in [5.74, 6) is -0.412. The van der Waals surface area contributed by atoms with Gasteiger partial charge in [-0.1, -0.05) is 30.3 Å². The summed E-state index contributed by atoms with van der Waals surface area (Å²) in [5, 5.41) is 2.38. The summed E-state index contributed by atoms with van der Waals surface area (Å²) >= 11 is 0. The SMILES string of the molecule is CC(C)(C)OC(=O)N[CH]CC(=O)OCc1ccccc1. The average molecular weight is 278 g/mol. The minimum Gasteiger partial charge on any atom is -0.461 e. The van der Waals surface area contributed by atoms with Crippen LogP contribution in [0.3, 0.4) is 0 Å². The van der Waals surface area contributed by atoms with Crippen molar-refractivity contribution in [3.8, 4) is 0 Å². The van der Waals surface area contributed by atoms with E-state index in [9.17, 15) is 9.59 Å². The van der Waals surface area contributed by atoms with Gasteiger partial charge in [-0.15, -0.1) is 0 Å². The predicted octanol–water partition coefficient (Wildman–Crippen LogP) is 2.81. The molecule has 1 aromatic rings. The van der Waals surface area contributed by atoms with Crippen LogP contribution in [-0.2, 0) is 20.9 Å². The monoisotopic (exact) mass is 278 g/mol. The number of carbonyl (C=O) groups is 2. The predicted molar refractivity (Wildman–Crippen MR) is 74.5 cm³/mol. The lowest BCUT2D eigenvalue weighted by molar-refractivity contribution is -0.144. The van der Waals surface area contributed by atoms with Gasteiger partial charge >= 0.3 is 12.1 Å². The molecule has 0 saturated carbocycles. The fourth-order valence-corrected chi connectivity index (χ4v) is 1.32. The summed E-state index contributed by atoms with van der Waals surface area (Å²) in [7, 11) is 0. The Balaban J connectivity index is 2.16. The number of hydrogen-bond donors (Lipinski definition) is 1. The Morgan fingerprint density at radius 2 is 1.85 bits per heavy atom. The van der Waals surface area contributed by atoms with E-state index in [2.05, 4.69) is 5.32 Å². The maximum absolute atomic E-state index is 11.4. The number of alkyl carbamates (subject to hydrolysis) is 1. The van der Waals surface area contributed by atoms with Crippen LogP contribution in [0.25, 0.3) is 0 Å². The first-order valence-electron chi connectivity index (χ1n) is 6.37. The van der Waals surface area contributed by atoms with Gasteiger partial charge in [0.05, 0.1) is 13.0 Å². The van der Waals surface area contributed by atoms with E-state index in [1.807, 2.05) is 30.3 Å². The molecule has 1 aromatic carbocycles. The van der Waals surface area contributed by atoms with Crippen molar-refractivity contribution in [3.05, 3.63) is 42.4 Å². The second-order valence-electron chi connectivity index (χ2n) is 5.20. The van der Waals surface area contributed by atoms with Crippen LogP contribution in [0.15, 0.2) is 30.3 Å². The fraction of sp³-hybridized carbons (Fsp3) is 0.400. The molecule has 0 aliphatic rings. The molecule has 1 amide bonds. The van der Waals surface area contributed by atoms with E-state index in [-0.39, 0.29) is 13.0 Å². The number of nitrogens with one attached hydrogen (secondary N) is 1. The minimum absolute atomic E-state index is 0.00786. The average Bonchev–Trinajstić information content (AvgIpc) is 2.35. The summed E-state index contributed by atoms with van der Waals surface area (Å²) in [6.45, 7) is 6.84. The van der Waals surface area contributed by atoms with E-state index >= 15 is 0 Å². The highest BCUT2D eigenvalue weighted by Crippen LogP contribution is 2.07. The summed E-state index contributed by atoms with van der Waals surface area (Å²) in [5.41, 5.74) is 0.354. The maximum atomic E-state index is 11.4. The van der Waals surface area contributed by atoms with Gasteiger partial charge in [-0.05, 0) is 26.3 Å². The molecule has 0 aliphatic carbocycles. The minimum atomic E-state index is -0.589. The van der Waals surface area contributed by atoms with Gasteiger partial charge in [-0.3, -0.25) is 4.79 Å². The molecule has 0 bridgehead atoms. The van der Waals surface area contributed by atoms with Crippen molar-refractivity contribution in [2.45, 2.75) is 39.4 Å². The highest BCUT2D eigenvalue weighted by molar-refractivity contribution is 5.73. The van der Waals surface area contributed by atoms with Gasteiger partial charge in [0.1, 0.15) is 12.2 Å². The summed E-state index contributed by atoms with van der Waals surface area (Å²) in [6.07, 6.45) is -0.597. The van der Waals surface area contributed by atoms with Gasteiger partial charge in [-0.2, -0.15) is 0 Å². The number of hydrogen-bond acceptors (Lipinski definition) is 4. The zero-order valence-electron chi connectivity index (χ0n) is 12.0. The van der Waals surface area contributed by atoms with Crippen LogP contribution in [0.2, 0.25) is 0 Å². The van der Waals surface area contributed by atoms with Crippen LogP contribution < -0.4 is 5.32 Å². The second kappa shape index (κ2) is 7.53. The normalized spacial score (nSPS) is 10.8. The molecule has 0 spiro atoms. The largest absolute Gasteiger partial charge is 0.461 e. The van der Waals surface area contributed by atoms with E-state index in [0.717, 1.165) is 5.56 Å². The van der Waals surface area contributed by atoms with Crippen LogP contribution in [0.5, 0.6) is 0 Å². The smallest absolute Gasteiger partial charge is 0.407 e. The van der Waals surface area contributed by atoms with Gasteiger partial charge < -0.3 is 14.8 Å². The van der Waals surface area contributed by atoms with Crippen molar-refractivity contribution >= 4 is 12.1 Å². The lowest BCUT2D eigenvalue weighted by Crippen LogP contribution is -2.31. The van der Waals surface area contributed by atoms with Crippen LogP contribution in [0.1, 0.15) is 32.8 Å². The van der Waals surface area contributed by atoms with Crippen molar-refractivity contribution in [1.29, 1.82) is 0 Å². The number of amides is 1. The van der Waals surface area contributed by atoms with E-state index in [1.165, 1.54) is 6.54 Å². The molecule has 5 nitrogen and oxygen atoms in total. The molecule has 0 aromatic heterocycles. The molecule has 0 heterocycles. The number of carbonyl (C=O) groups excluding carboxylic acids is 2. The van der Waals surface area contributed by atoms with Crippen molar-refractivity contribution < 1.29 is 19.1 Å². The Labute approximate surface area is 119 Å². The molecule has 0 aliphatic heterocycles. The van der Waals surface area contributed by atoms with Crippen LogP contribution in [-0.4, -0.2) is 17.7 Å². The molecule has 109 valence electrons. The maximum Gasteiger partial charge on any atom is 0.407 e. The first kappa shape index (κ1) is 16.0. The Bertz CT molecular complexity index is 437. The standard InChI is InChI=1S/C15H20NO4/c1-15(2,3)20-14(18)16-10-9-13(17)19-11-12-7-5-4-6-8-12/h4-8,10H,9,11H2,1-3H3,(H,16,18). The molecule has 0 saturated heterocycles. The van der Waals surface area contributed by atoms with Crippen LogP contribution in [0, 0.1) is 6.54 Å². The molecular formula is C15H20NO4. The lowest BCUT2D eigenvalue weighted by atomic mass is 10.2. The van der Waals surface area contributed by atoms with Crippen LogP contribution >= 0.6 is 0 Å². The number of rotatable bonds is 5. The van der Waals surface area contributed by atoms with E-state index < -0.39 is 17.7 Å². The highest BCUT2D eigenvalue weighted by atomic mass is 16.6. The molecule has 0 fully saturated rings. The van der Waals surface area contributed by atoms with Crippen molar-refractivity contribution in [2.24, 2.45) is 0 Å². The second-order valence-corrected chi connectivity index (χ2v) is 5.20. The first-order chi connectivity index (χ1) is 9.37. The van der Waals surface area contributed by atoms with Gasteiger partial charge in [0.25, 0.3) is 0 Å². The van der Waals surface area contributed by atoms with E-state index in [1.54, 1.807) is 20.8 Å².